The predicted molar refractivity (Wildman–Crippen MR) is 89.5 cm³/mol. The highest BCUT2D eigenvalue weighted by atomic mass is 15.1. The summed E-state index contributed by atoms with van der Waals surface area (Å²) < 4.78 is 0. The van der Waals surface area contributed by atoms with Crippen molar-refractivity contribution in [2.45, 2.75) is 39.3 Å². The summed E-state index contributed by atoms with van der Waals surface area (Å²) in [6, 6.07) is 11.0. The maximum Gasteiger partial charge on any atom is 0.0441 e. The van der Waals surface area contributed by atoms with Crippen LogP contribution in [0.1, 0.15) is 30.0 Å². The fourth-order valence-corrected chi connectivity index (χ4v) is 2.57. The quantitative estimate of drug-likeness (QED) is 0.884. The SMILES string of the molecule is CCC(N)Cc1ccc(N(C)Cc2cccnc2)c(C)c1. The van der Waals surface area contributed by atoms with Crippen LogP contribution in [-0.2, 0) is 13.0 Å². The Morgan fingerprint density at radius 1 is 1.24 bits per heavy atom. The molecule has 3 nitrogen and oxygen atoms in total. The molecule has 0 radical (unpaired) electrons. The lowest BCUT2D eigenvalue weighted by Gasteiger charge is -2.22. The average Bonchev–Trinajstić information content (AvgIpc) is 2.48. The van der Waals surface area contributed by atoms with Crippen LogP contribution in [0, 0.1) is 6.92 Å². The maximum atomic E-state index is 6.04. The van der Waals surface area contributed by atoms with Crippen LogP contribution in [0.5, 0.6) is 0 Å². The van der Waals surface area contributed by atoms with Gasteiger partial charge in [-0.25, -0.2) is 0 Å². The third kappa shape index (κ3) is 4.30. The normalized spacial score (nSPS) is 12.2. The number of nitrogens with zero attached hydrogens (tertiary/aromatic N) is 2. The highest BCUT2D eigenvalue weighted by Gasteiger charge is 2.08. The van der Waals surface area contributed by atoms with E-state index in [1.54, 1.807) is 6.20 Å². The second-order valence-electron chi connectivity index (χ2n) is 5.71. The highest BCUT2D eigenvalue weighted by Crippen LogP contribution is 2.22. The van der Waals surface area contributed by atoms with E-state index in [1.165, 1.54) is 22.4 Å². The number of hydrogen-bond donors (Lipinski definition) is 1. The molecular formula is C18H25N3. The molecule has 1 aromatic heterocycles. The van der Waals surface area contributed by atoms with Gasteiger partial charge in [-0.15, -0.1) is 0 Å². The number of anilines is 1. The van der Waals surface area contributed by atoms with Gasteiger partial charge in [-0.05, 0) is 48.6 Å². The third-order valence-electron chi connectivity index (χ3n) is 3.84. The van der Waals surface area contributed by atoms with Crippen LogP contribution in [0.15, 0.2) is 42.7 Å². The molecule has 0 amide bonds. The molecule has 0 bridgehead atoms. The molecule has 1 aromatic carbocycles. The topological polar surface area (TPSA) is 42.1 Å². The third-order valence-corrected chi connectivity index (χ3v) is 3.84. The largest absolute Gasteiger partial charge is 0.370 e. The van der Waals surface area contributed by atoms with Crippen molar-refractivity contribution in [3.63, 3.8) is 0 Å². The summed E-state index contributed by atoms with van der Waals surface area (Å²) in [6.45, 7) is 5.16. The Kier molecular flexibility index (Phi) is 5.34. The lowest BCUT2D eigenvalue weighted by atomic mass is 10.0. The lowest BCUT2D eigenvalue weighted by molar-refractivity contribution is 0.646. The lowest BCUT2D eigenvalue weighted by Crippen LogP contribution is -2.22. The summed E-state index contributed by atoms with van der Waals surface area (Å²) in [5, 5.41) is 0. The first kappa shape index (κ1) is 15.5. The molecule has 0 saturated heterocycles. The van der Waals surface area contributed by atoms with Gasteiger partial charge < -0.3 is 10.6 Å². The van der Waals surface area contributed by atoms with Gasteiger partial charge in [0.25, 0.3) is 0 Å². The van der Waals surface area contributed by atoms with Crippen molar-refractivity contribution < 1.29 is 0 Å². The Morgan fingerprint density at radius 2 is 2.05 bits per heavy atom. The van der Waals surface area contributed by atoms with Crippen LogP contribution >= 0.6 is 0 Å². The molecular weight excluding hydrogens is 258 g/mol. The minimum atomic E-state index is 0.253. The van der Waals surface area contributed by atoms with Gasteiger partial charge in [-0.2, -0.15) is 0 Å². The molecule has 2 aromatic rings. The average molecular weight is 283 g/mol. The van der Waals surface area contributed by atoms with E-state index in [9.17, 15) is 0 Å². The number of pyridine rings is 1. The molecule has 2 rings (SSSR count). The van der Waals surface area contributed by atoms with E-state index in [4.69, 9.17) is 5.73 Å². The van der Waals surface area contributed by atoms with Crippen LogP contribution < -0.4 is 10.6 Å². The Morgan fingerprint density at radius 3 is 2.67 bits per heavy atom. The molecule has 1 unspecified atom stereocenters. The number of aryl methyl sites for hydroxylation is 1. The second kappa shape index (κ2) is 7.23. The molecule has 0 aliphatic heterocycles. The van der Waals surface area contributed by atoms with E-state index in [2.05, 4.69) is 55.0 Å². The van der Waals surface area contributed by atoms with Gasteiger partial charge in [0.15, 0.2) is 0 Å². The van der Waals surface area contributed by atoms with E-state index in [0.717, 1.165) is 19.4 Å². The smallest absolute Gasteiger partial charge is 0.0441 e. The number of hydrogen-bond acceptors (Lipinski definition) is 3. The van der Waals surface area contributed by atoms with Gasteiger partial charge in [-0.3, -0.25) is 4.98 Å². The zero-order chi connectivity index (χ0) is 15.2. The molecule has 0 fully saturated rings. The first-order valence-electron chi connectivity index (χ1n) is 7.55. The van der Waals surface area contributed by atoms with Crippen LogP contribution in [-0.4, -0.2) is 18.1 Å². The monoisotopic (exact) mass is 283 g/mol. The number of aromatic nitrogens is 1. The van der Waals surface area contributed by atoms with E-state index in [0.29, 0.717) is 0 Å². The number of nitrogens with two attached hydrogens (primary N) is 1. The van der Waals surface area contributed by atoms with Gasteiger partial charge in [-0.1, -0.05) is 25.1 Å². The fraction of sp³-hybridized carbons (Fsp3) is 0.389. The zero-order valence-corrected chi connectivity index (χ0v) is 13.2. The Bertz CT molecular complexity index is 566. The summed E-state index contributed by atoms with van der Waals surface area (Å²) >= 11 is 0. The summed E-state index contributed by atoms with van der Waals surface area (Å²) in [6.07, 6.45) is 5.69. The first-order valence-corrected chi connectivity index (χ1v) is 7.55. The molecule has 0 aliphatic carbocycles. The van der Waals surface area contributed by atoms with Gasteiger partial charge >= 0.3 is 0 Å². The Balaban J connectivity index is 2.09. The van der Waals surface area contributed by atoms with Gasteiger partial charge in [0.05, 0.1) is 0 Å². The Labute approximate surface area is 127 Å². The van der Waals surface area contributed by atoms with Crippen LogP contribution in [0.4, 0.5) is 5.69 Å². The van der Waals surface area contributed by atoms with Crippen LogP contribution in [0.25, 0.3) is 0 Å². The molecule has 1 atom stereocenters. The van der Waals surface area contributed by atoms with Crippen molar-refractivity contribution in [2.24, 2.45) is 5.73 Å². The van der Waals surface area contributed by atoms with Crippen molar-refractivity contribution in [3.8, 4) is 0 Å². The minimum absolute atomic E-state index is 0.253. The summed E-state index contributed by atoms with van der Waals surface area (Å²) in [5.41, 5.74) is 11.1. The van der Waals surface area contributed by atoms with E-state index >= 15 is 0 Å². The predicted octanol–water partition coefficient (Wildman–Crippen LogP) is 3.31. The molecule has 3 heteroatoms. The second-order valence-corrected chi connectivity index (χ2v) is 5.71. The van der Waals surface area contributed by atoms with Gasteiger partial charge in [0, 0.05) is 37.7 Å². The van der Waals surface area contributed by atoms with Crippen LogP contribution in [0.2, 0.25) is 0 Å². The highest BCUT2D eigenvalue weighted by molar-refractivity contribution is 5.54. The van der Waals surface area contributed by atoms with Gasteiger partial charge in [0.2, 0.25) is 0 Å². The maximum absolute atomic E-state index is 6.04. The molecule has 2 N–H and O–H groups in total. The number of rotatable bonds is 6. The van der Waals surface area contributed by atoms with Gasteiger partial charge in [0.1, 0.15) is 0 Å². The van der Waals surface area contributed by atoms with E-state index in [1.807, 2.05) is 12.3 Å². The molecule has 112 valence electrons. The first-order chi connectivity index (χ1) is 10.1. The molecule has 1 heterocycles. The van der Waals surface area contributed by atoms with E-state index < -0.39 is 0 Å². The van der Waals surface area contributed by atoms with Crippen molar-refractivity contribution in [2.75, 3.05) is 11.9 Å². The fourth-order valence-electron chi connectivity index (χ4n) is 2.57. The van der Waals surface area contributed by atoms with Crippen LogP contribution in [0.3, 0.4) is 0 Å². The van der Waals surface area contributed by atoms with Crippen molar-refractivity contribution in [3.05, 3.63) is 59.4 Å². The minimum Gasteiger partial charge on any atom is -0.370 e. The Hall–Kier alpha value is -1.87. The summed E-state index contributed by atoms with van der Waals surface area (Å²) in [5.74, 6) is 0. The molecule has 0 saturated carbocycles. The summed E-state index contributed by atoms with van der Waals surface area (Å²) in [4.78, 5) is 6.43. The van der Waals surface area contributed by atoms with Crippen molar-refractivity contribution in [1.82, 2.24) is 4.98 Å². The number of benzene rings is 1. The van der Waals surface area contributed by atoms with Crippen molar-refractivity contribution in [1.29, 1.82) is 0 Å². The van der Waals surface area contributed by atoms with E-state index in [-0.39, 0.29) is 6.04 Å². The zero-order valence-electron chi connectivity index (χ0n) is 13.2. The molecule has 21 heavy (non-hydrogen) atoms. The molecule has 0 spiro atoms. The standard InChI is InChI=1S/C18H25N3/c1-4-17(19)11-15-7-8-18(14(2)10-15)21(3)13-16-6-5-9-20-12-16/h5-10,12,17H,4,11,13,19H2,1-3H3. The summed E-state index contributed by atoms with van der Waals surface area (Å²) in [7, 11) is 2.12. The molecule has 0 aliphatic rings. The van der Waals surface area contributed by atoms with Crippen molar-refractivity contribution >= 4 is 5.69 Å².